The van der Waals surface area contributed by atoms with Crippen molar-refractivity contribution in [2.45, 2.75) is 63.0 Å². The summed E-state index contributed by atoms with van der Waals surface area (Å²) in [4.78, 5) is 4.85. The van der Waals surface area contributed by atoms with E-state index in [0.717, 1.165) is 42.6 Å². The molecule has 0 amide bonds. The average Bonchev–Trinajstić information content (AvgIpc) is 2.97. The number of hydrogen-bond acceptors (Lipinski definition) is 5. The highest BCUT2D eigenvalue weighted by Gasteiger charge is 2.54. The highest BCUT2D eigenvalue weighted by molar-refractivity contribution is 5.17. The Labute approximate surface area is 131 Å². The molecule has 1 aliphatic heterocycles. The van der Waals surface area contributed by atoms with E-state index in [0.29, 0.717) is 0 Å². The molecule has 1 N–H and O–H groups in total. The van der Waals surface area contributed by atoms with Gasteiger partial charge in [0.15, 0.2) is 5.82 Å². The van der Waals surface area contributed by atoms with Gasteiger partial charge in [0.05, 0.1) is 12.7 Å². The number of hydrogen-bond donors (Lipinski definition) is 1. The summed E-state index contributed by atoms with van der Waals surface area (Å²) in [5.41, 5.74) is 0.218. The third-order valence-corrected chi connectivity index (χ3v) is 6.54. The normalized spacial score (nSPS) is 47.0. The molecule has 5 fully saturated rings. The smallest absolute Gasteiger partial charge is 0.246 e. The Morgan fingerprint density at radius 1 is 1.09 bits per heavy atom. The Balaban J connectivity index is 1.44. The van der Waals surface area contributed by atoms with E-state index in [2.05, 4.69) is 17.4 Å². The predicted octanol–water partition coefficient (Wildman–Crippen LogP) is 2.59. The minimum Gasteiger partial charge on any atom is -0.375 e. The molecule has 4 saturated carbocycles. The van der Waals surface area contributed by atoms with E-state index < -0.39 is 0 Å². The molecule has 1 saturated heterocycles. The van der Waals surface area contributed by atoms with Crippen LogP contribution in [0.1, 0.15) is 63.2 Å². The van der Waals surface area contributed by atoms with Crippen molar-refractivity contribution in [2.75, 3.05) is 13.2 Å². The van der Waals surface area contributed by atoms with Gasteiger partial charge in [-0.25, -0.2) is 0 Å². The van der Waals surface area contributed by atoms with E-state index in [1.165, 1.54) is 38.5 Å². The fourth-order valence-electron chi connectivity index (χ4n) is 5.97. The Hall–Kier alpha value is -0.940. The highest BCUT2D eigenvalue weighted by Crippen LogP contribution is 2.60. The van der Waals surface area contributed by atoms with E-state index in [9.17, 15) is 0 Å². The monoisotopic (exact) mass is 303 g/mol. The maximum absolute atomic E-state index is 5.71. The van der Waals surface area contributed by atoms with Crippen LogP contribution in [0, 0.1) is 17.8 Å². The Morgan fingerprint density at radius 3 is 2.41 bits per heavy atom. The van der Waals surface area contributed by atoms with Crippen LogP contribution in [-0.2, 0) is 10.2 Å². The first-order valence-electron chi connectivity index (χ1n) is 8.91. The summed E-state index contributed by atoms with van der Waals surface area (Å²) in [6.45, 7) is 3.68. The first-order valence-corrected chi connectivity index (χ1v) is 8.91. The lowest BCUT2D eigenvalue weighted by atomic mass is 9.49. The summed E-state index contributed by atoms with van der Waals surface area (Å²) in [5.74, 6) is 4.42. The van der Waals surface area contributed by atoms with Crippen molar-refractivity contribution < 1.29 is 9.26 Å². The van der Waals surface area contributed by atoms with Crippen LogP contribution in [0.3, 0.4) is 0 Å². The zero-order valence-electron chi connectivity index (χ0n) is 13.3. The SMILES string of the molecule is C[C@H]1OCCN[C@@H]1c1nc(C23CC4CC(CC(C4)C2)C3)no1. The molecule has 6 rings (SSSR count). The van der Waals surface area contributed by atoms with Gasteiger partial charge >= 0.3 is 0 Å². The van der Waals surface area contributed by atoms with Gasteiger partial charge < -0.3 is 14.6 Å². The van der Waals surface area contributed by atoms with Crippen LogP contribution in [0.2, 0.25) is 0 Å². The highest BCUT2D eigenvalue weighted by atomic mass is 16.5. The number of nitrogens with one attached hydrogen (secondary N) is 1. The van der Waals surface area contributed by atoms with Gasteiger partial charge in [0.25, 0.3) is 0 Å². The fraction of sp³-hybridized carbons (Fsp3) is 0.882. The number of aromatic nitrogens is 2. The molecule has 4 bridgehead atoms. The molecule has 5 nitrogen and oxygen atoms in total. The largest absolute Gasteiger partial charge is 0.375 e. The molecular formula is C17H25N3O2. The average molecular weight is 303 g/mol. The van der Waals surface area contributed by atoms with E-state index in [-0.39, 0.29) is 17.6 Å². The van der Waals surface area contributed by atoms with Gasteiger partial charge in [-0.05, 0) is 63.2 Å². The van der Waals surface area contributed by atoms with Crippen molar-refractivity contribution in [2.24, 2.45) is 17.8 Å². The van der Waals surface area contributed by atoms with Gasteiger partial charge in [-0.15, -0.1) is 0 Å². The molecule has 120 valence electrons. The molecule has 0 spiro atoms. The Kier molecular flexibility index (Phi) is 2.93. The van der Waals surface area contributed by atoms with Gasteiger partial charge in [0, 0.05) is 12.0 Å². The number of morpholine rings is 1. The van der Waals surface area contributed by atoms with Crippen LogP contribution in [0.15, 0.2) is 4.52 Å². The number of rotatable bonds is 2. The van der Waals surface area contributed by atoms with Gasteiger partial charge in [0.1, 0.15) is 6.04 Å². The predicted molar refractivity (Wildman–Crippen MR) is 80.3 cm³/mol. The van der Waals surface area contributed by atoms with Crippen LogP contribution in [-0.4, -0.2) is 29.4 Å². The quantitative estimate of drug-likeness (QED) is 0.910. The van der Waals surface area contributed by atoms with Crippen molar-refractivity contribution >= 4 is 0 Å². The van der Waals surface area contributed by atoms with E-state index in [1.807, 2.05) is 0 Å². The molecule has 0 unspecified atom stereocenters. The summed E-state index contributed by atoms with van der Waals surface area (Å²) < 4.78 is 11.4. The molecule has 1 aromatic rings. The van der Waals surface area contributed by atoms with Gasteiger partial charge in [-0.3, -0.25) is 0 Å². The summed E-state index contributed by atoms with van der Waals surface area (Å²) in [6.07, 6.45) is 8.27. The lowest BCUT2D eigenvalue weighted by Gasteiger charge is -2.55. The summed E-state index contributed by atoms with van der Waals surface area (Å²) in [5, 5.41) is 7.89. The zero-order chi connectivity index (χ0) is 14.7. The minimum atomic E-state index is 0.0453. The molecular weight excluding hydrogens is 278 g/mol. The Morgan fingerprint density at radius 2 is 1.77 bits per heavy atom. The van der Waals surface area contributed by atoms with Crippen LogP contribution in [0.4, 0.5) is 0 Å². The first-order chi connectivity index (χ1) is 10.7. The van der Waals surface area contributed by atoms with Crippen LogP contribution >= 0.6 is 0 Å². The second-order valence-electron chi connectivity index (χ2n) is 8.16. The summed E-state index contributed by atoms with van der Waals surface area (Å²) in [6, 6.07) is 0.0453. The molecule has 4 aliphatic carbocycles. The van der Waals surface area contributed by atoms with E-state index in [1.54, 1.807) is 0 Å². The van der Waals surface area contributed by atoms with Crippen LogP contribution in [0.25, 0.3) is 0 Å². The fourth-order valence-corrected chi connectivity index (χ4v) is 5.97. The molecule has 0 radical (unpaired) electrons. The molecule has 0 aromatic carbocycles. The van der Waals surface area contributed by atoms with E-state index >= 15 is 0 Å². The van der Waals surface area contributed by atoms with Crippen LogP contribution in [0.5, 0.6) is 0 Å². The molecule has 1 aromatic heterocycles. The van der Waals surface area contributed by atoms with Crippen molar-refractivity contribution in [1.29, 1.82) is 0 Å². The summed E-state index contributed by atoms with van der Waals surface area (Å²) >= 11 is 0. The lowest BCUT2D eigenvalue weighted by Crippen LogP contribution is -2.49. The molecule has 22 heavy (non-hydrogen) atoms. The molecule has 2 atom stereocenters. The molecule has 2 heterocycles. The van der Waals surface area contributed by atoms with E-state index in [4.69, 9.17) is 14.2 Å². The second-order valence-corrected chi connectivity index (χ2v) is 8.16. The second kappa shape index (κ2) is 4.78. The zero-order valence-corrected chi connectivity index (χ0v) is 13.3. The van der Waals surface area contributed by atoms with Crippen molar-refractivity contribution in [3.63, 3.8) is 0 Å². The third kappa shape index (κ3) is 1.98. The third-order valence-electron chi connectivity index (χ3n) is 6.54. The first kappa shape index (κ1) is 13.5. The molecule has 5 aliphatic rings. The number of ether oxygens (including phenoxy) is 1. The topological polar surface area (TPSA) is 60.2 Å². The maximum Gasteiger partial charge on any atom is 0.246 e. The van der Waals surface area contributed by atoms with Crippen LogP contribution < -0.4 is 5.32 Å². The van der Waals surface area contributed by atoms with Crippen molar-refractivity contribution in [1.82, 2.24) is 15.5 Å². The summed E-state index contributed by atoms with van der Waals surface area (Å²) in [7, 11) is 0. The van der Waals surface area contributed by atoms with Crippen molar-refractivity contribution in [3.05, 3.63) is 11.7 Å². The van der Waals surface area contributed by atoms with Gasteiger partial charge in [-0.1, -0.05) is 5.16 Å². The standard InChI is InChI=1S/C17H25N3O2/c1-10-14(18-2-3-21-10)15-19-16(20-22-15)17-7-11-4-12(8-17)6-13(5-11)9-17/h10-14,18H,2-9H2,1H3/t10-,11?,12?,13?,14+,17?/m1/s1. The lowest BCUT2D eigenvalue weighted by molar-refractivity contribution is -0.0103. The molecule has 5 heteroatoms. The van der Waals surface area contributed by atoms with Gasteiger partial charge in [0.2, 0.25) is 5.89 Å². The van der Waals surface area contributed by atoms with Crippen molar-refractivity contribution in [3.8, 4) is 0 Å². The number of nitrogens with zero attached hydrogens (tertiary/aromatic N) is 2. The van der Waals surface area contributed by atoms with Gasteiger partial charge in [-0.2, -0.15) is 4.98 Å². The Bertz CT molecular complexity index is 535. The minimum absolute atomic E-state index is 0.0453. The maximum atomic E-state index is 5.71.